The van der Waals surface area contributed by atoms with Crippen molar-refractivity contribution in [2.75, 3.05) is 57.1 Å². The van der Waals surface area contributed by atoms with Crippen molar-refractivity contribution in [3.05, 3.63) is 24.3 Å². The Morgan fingerprint density at radius 3 is 2.69 bits per heavy atom. The molecule has 1 aromatic rings. The van der Waals surface area contributed by atoms with Crippen LogP contribution in [0.3, 0.4) is 0 Å². The molecule has 0 aromatic heterocycles. The zero-order valence-electron chi connectivity index (χ0n) is 15.3. The highest BCUT2D eigenvalue weighted by Crippen LogP contribution is 2.27. The second kappa shape index (κ2) is 9.39. The van der Waals surface area contributed by atoms with Gasteiger partial charge in [0.1, 0.15) is 0 Å². The molecule has 0 saturated carbocycles. The molecule has 6 nitrogen and oxygen atoms in total. The number of anilines is 1. The third kappa shape index (κ3) is 4.99. The van der Waals surface area contributed by atoms with Crippen LogP contribution in [-0.4, -0.2) is 68.9 Å². The summed E-state index contributed by atoms with van der Waals surface area (Å²) < 4.78 is 5.33. The predicted octanol–water partition coefficient (Wildman–Crippen LogP) is 1.60. The van der Waals surface area contributed by atoms with E-state index in [1.165, 1.54) is 0 Å². The number of carbonyl (C=O) groups is 2. The second-order valence-corrected chi connectivity index (χ2v) is 7.58. The Morgan fingerprint density at radius 1 is 1.27 bits per heavy atom. The summed E-state index contributed by atoms with van der Waals surface area (Å²) in [7, 11) is 0. The fourth-order valence-corrected chi connectivity index (χ4v) is 3.79. The van der Waals surface area contributed by atoms with Crippen LogP contribution in [0.25, 0.3) is 0 Å². The first-order valence-electron chi connectivity index (χ1n) is 9.19. The summed E-state index contributed by atoms with van der Waals surface area (Å²) in [5.41, 5.74) is 0.871. The lowest BCUT2D eigenvalue weighted by molar-refractivity contribution is -0.126. The molecule has 2 fully saturated rings. The standard InChI is InChI=1S/C19H27N3O3S/c1-26-17-5-3-16(4-6-17)22-14-15(13-18(22)23)19(24)20-7-2-8-21-9-11-25-12-10-21/h3-6,15H,2,7-14H2,1H3,(H,20,24). The highest BCUT2D eigenvalue weighted by atomic mass is 32.2. The molecule has 2 aliphatic rings. The first-order valence-corrected chi connectivity index (χ1v) is 10.4. The van der Waals surface area contributed by atoms with Gasteiger partial charge in [-0.05, 0) is 43.5 Å². The van der Waals surface area contributed by atoms with Gasteiger partial charge in [-0.25, -0.2) is 0 Å². The Morgan fingerprint density at radius 2 is 2.00 bits per heavy atom. The molecule has 2 aliphatic heterocycles. The average molecular weight is 378 g/mol. The van der Waals surface area contributed by atoms with Crippen LogP contribution in [0, 0.1) is 5.92 Å². The molecule has 0 radical (unpaired) electrons. The van der Waals surface area contributed by atoms with Gasteiger partial charge in [-0.15, -0.1) is 11.8 Å². The smallest absolute Gasteiger partial charge is 0.227 e. The minimum absolute atomic E-state index is 0.0106. The van der Waals surface area contributed by atoms with Crippen LogP contribution in [0.1, 0.15) is 12.8 Å². The third-order valence-electron chi connectivity index (χ3n) is 4.93. The molecule has 1 atom stereocenters. The largest absolute Gasteiger partial charge is 0.379 e. The molecule has 3 rings (SSSR count). The van der Waals surface area contributed by atoms with Crippen molar-refractivity contribution in [2.24, 2.45) is 5.92 Å². The molecule has 1 aromatic carbocycles. The molecule has 7 heteroatoms. The van der Waals surface area contributed by atoms with Crippen LogP contribution >= 0.6 is 11.8 Å². The number of thioether (sulfide) groups is 1. The van der Waals surface area contributed by atoms with Crippen molar-refractivity contribution < 1.29 is 14.3 Å². The van der Waals surface area contributed by atoms with Crippen LogP contribution in [0.5, 0.6) is 0 Å². The summed E-state index contributed by atoms with van der Waals surface area (Å²) >= 11 is 1.67. The molecule has 0 aliphatic carbocycles. The van der Waals surface area contributed by atoms with Crippen molar-refractivity contribution >= 4 is 29.3 Å². The Balaban J connectivity index is 1.42. The first-order chi connectivity index (χ1) is 12.7. The summed E-state index contributed by atoms with van der Waals surface area (Å²) in [4.78, 5) is 29.9. The Kier molecular flexibility index (Phi) is 6.93. The molecule has 1 N–H and O–H groups in total. The van der Waals surface area contributed by atoms with E-state index in [1.807, 2.05) is 30.5 Å². The number of hydrogen-bond acceptors (Lipinski definition) is 5. The van der Waals surface area contributed by atoms with Gasteiger partial charge >= 0.3 is 0 Å². The number of benzene rings is 1. The lowest BCUT2D eigenvalue weighted by Crippen LogP contribution is -2.39. The quantitative estimate of drug-likeness (QED) is 0.578. The van der Waals surface area contributed by atoms with Gasteiger partial charge in [0.25, 0.3) is 0 Å². The first kappa shape index (κ1) is 19.2. The topological polar surface area (TPSA) is 61.9 Å². The van der Waals surface area contributed by atoms with Crippen LogP contribution in [0.15, 0.2) is 29.2 Å². The summed E-state index contributed by atoms with van der Waals surface area (Å²) in [6.07, 6.45) is 3.24. The number of morpholine rings is 1. The Bertz CT molecular complexity index is 617. The normalized spacial score (nSPS) is 21.2. The molecule has 2 amide bonds. The molecular formula is C19H27N3O3S. The molecule has 0 bridgehead atoms. The summed E-state index contributed by atoms with van der Waals surface area (Å²) in [6.45, 7) is 5.62. The summed E-state index contributed by atoms with van der Waals surface area (Å²) in [6, 6.07) is 7.91. The van der Waals surface area contributed by atoms with E-state index in [4.69, 9.17) is 4.74 Å². The van der Waals surface area contributed by atoms with Crippen LogP contribution in [0.2, 0.25) is 0 Å². The van der Waals surface area contributed by atoms with Gasteiger partial charge in [0.15, 0.2) is 0 Å². The summed E-state index contributed by atoms with van der Waals surface area (Å²) in [5.74, 6) is -0.245. The molecular weight excluding hydrogens is 350 g/mol. The number of ether oxygens (including phenoxy) is 1. The Hall–Kier alpha value is -1.57. The summed E-state index contributed by atoms with van der Waals surface area (Å²) in [5, 5.41) is 3.00. The highest BCUT2D eigenvalue weighted by Gasteiger charge is 2.34. The van der Waals surface area contributed by atoms with Crippen molar-refractivity contribution in [3.8, 4) is 0 Å². The maximum absolute atomic E-state index is 12.4. The van der Waals surface area contributed by atoms with Gasteiger partial charge in [-0.3, -0.25) is 14.5 Å². The van der Waals surface area contributed by atoms with Crippen molar-refractivity contribution in [1.29, 1.82) is 0 Å². The van der Waals surface area contributed by atoms with Gasteiger partial charge in [-0.1, -0.05) is 0 Å². The molecule has 2 saturated heterocycles. The fraction of sp³-hybridized carbons (Fsp3) is 0.579. The maximum Gasteiger partial charge on any atom is 0.227 e. The van der Waals surface area contributed by atoms with Gasteiger partial charge in [0, 0.05) is 43.2 Å². The van der Waals surface area contributed by atoms with Crippen LogP contribution in [-0.2, 0) is 14.3 Å². The van der Waals surface area contributed by atoms with E-state index in [0.29, 0.717) is 19.5 Å². The van der Waals surface area contributed by atoms with Gasteiger partial charge < -0.3 is 15.0 Å². The highest BCUT2D eigenvalue weighted by molar-refractivity contribution is 7.98. The second-order valence-electron chi connectivity index (χ2n) is 6.70. The molecule has 26 heavy (non-hydrogen) atoms. The fourth-order valence-electron chi connectivity index (χ4n) is 3.38. The molecule has 2 heterocycles. The number of nitrogens with one attached hydrogen (secondary N) is 1. The number of hydrogen-bond donors (Lipinski definition) is 1. The molecule has 1 unspecified atom stereocenters. The lowest BCUT2D eigenvalue weighted by atomic mass is 10.1. The monoisotopic (exact) mass is 377 g/mol. The van der Waals surface area contributed by atoms with E-state index in [1.54, 1.807) is 16.7 Å². The van der Waals surface area contributed by atoms with Crippen LogP contribution in [0.4, 0.5) is 5.69 Å². The third-order valence-corrected chi connectivity index (χ3v) is 5.68. The lowest BCUT2D eigenvalue weighted by Gasteiger charge is -2.26. The van der Waals surface area contributed by atoms with Gasteiger partial charge in [-0.2, -0.15) is 0 Å². The molecule has 142 valence electrons. The zero-order chi connectivity index (χ0) is 18.4. The van der Waals surface area contributed by atoms with Crippen molar-refractivity contribution in [1.82, 2.24) is 10.2 Å². The van der Waals surface area contributed by atoms with Gasteiger partial charge in [0.05, 0.1) is 19.1 Å². The van der Waals surface area contributed by atoms with E-state index in [9.17, 15) is 9.59 Å². The predicted molar refractivity (Wildman–Crippen MR) is 104 cm³/mol. The zero-order valence-corrected chi connectivity index (χ0v) is 16.1. The number of carbonyl (C=O) groups excluding carboxylic acids is 2. The van der Waals surface area contributed by atoms with Crippen LogP contribution < -0.4 is 10.2 Å². The average Bonchev–Trinajstić information content (AvgIpc) is 3.08. The van der Waals surface area contributed by atoms with E-state index < -0.39 is 0 Å². The van der Waals surface area contributed by atoms with E-state index in [2.05, 4.69) is 10.2 Å². The maximum atomic E-state index is 12.4. The Labute approximate surface area is 159 Å². The SMILES string of the molecule is CSc1ccc(N2CC(C(=O)NCCCN3CCOCC3)CC2=O)cc1. The van der Waals surface area contributed by atoms with E-state index in [-0.39, 0.29) is 17.7 Å². The number of amides is 2. The number of nitrogens with zero attached hydrogens (tertiary/aromatic N) is 2. The van der Waals surface area contributed by atoms with Crippen molar-refractivity contribution in [3.63, 3.8) is 0 Å². The van der Waals surface area contributed by atoms with Crippen molar-refractivity contribution in [2.45, 2.75) is 17.7 Å². The number of rotatable bonds is 7. The minimum atomic E-state index is -0.258. The molecule has 0 spiro atoms. The minimum Gasteiger partial charge on any atom is -0.379 e. The van der Waals surface area contributed by atoms with Gasteiger partial charge in [0.2, 0.25) is 11.8 Å². The van der Waals surface area contributed by atoms with E-state index in [0.717, 1.165) is 49.9 Å². The van der Waals surface area contributed by atoms with E-state index >= 15 is 0 Å².